The molecule has 1 rings (SSSR count). The Labute approximate surface area is 98.0 Å². The normalized spacial score (nSPS) is 10.5. The van der Waals surface area contributed by atoms with Crippen molar-refractivity contribution < 1.29 is 0 Å². The van der Waals surface area contributed by atoms with Crippen molar-refractivity contribution in [1.29, 1.82) is 0 Å². The lowest BCUT2D eigenvalue weighted by Crippen LogP contribution is -2.02. The highest BCUT2D eigenvalue weighted by molar-refractivity contribution is 6.29. The summed E-state index contributed by atoms with van der Waals surface area (Å²) in [5, 5.41) is 0.712. The quantitative estimate of drug-likeness (QED) is 0.690. The predicted octanol–water partition coefficient (Wildman–Crippen LogP) is 4.52. The molecule has 0 aromatic heterocycles. The molecule has 0 N–H and O–H groups in total. The predicted molar refractivity (Wildman–Crippen MR) is 68.8 cm³/mol. The molecule has 0 aliphatic carbocycles. The highest BCUT2D eigenvalue weighted by Crippen LogP contribution is 2.28. The monoisotopic (exact) mass is 222 g/mol. The summed E-state index contributed by atoms with van der Waals surface area (Å²) < 4.78 is 0. The van der Waals surface area contributed by atoms with Crippen LogP contribution >= 0.6 is 11.6 Å². The van der Waals surface area contributed by atoms with Gasteiger partial charge in [0, 0.05) is 11.5 Å². The maximum Gasteiger partial charge on any atom is 0.0153 e. The first-order chi connectivity index (χ1) is 6.86. The van der Waals surface area contributed by atoms with Gasteiger partial charge < -0.3 is 0 Å². The van der Waals surface area contributed by atoms with Crippen LogP contribution in [0.3, 0.4) is 0 Å². The van der Waals surface area contributed by atoms with Gasteiger partial charge in [-0.2, -0.15) is 0 Å². The van der Waals surface area contributed by atoms with Crippen molar-refractivity contribution in [3.8, 4) is 0 Å². The Hall–Kier alpha value is -0.750. The number of hydrogen-bond donors (Lipinski definition) is 0. The smallest absolute Gasteiger partial charge is 0.0153 e. The number of rotatable bonds is 2. The minimum absolute atomic E-state index is 0.712. The summed E-state index contributed by atoms with van der Waals surface area (Å²) in [7, 11) is 0. The Morgan fingerprint density at radius 2 is 1.20 bits per heavy atom. The van der Waals surface area contributed by atoms with Gasteiger partial charge in [-0.3, -0.25) is 0 Å². The molecule has 1 aromatic carbocycles. The van der Waals surface area contributed by atoms with Crippen LogP contribution in [0.2, 0.25) is 0 Å². The highest BCUT2D eigenvalue weighted by atomic mass is 35.5. The molecule has 0 saturated carbocycles. The van der Waals surface area contributed by atoms with Crippen LogP contribution in [0, 0.1) is 34.6 Å². The molecule has 82 valence electrons. The molecule has 0 saturated heterocycles. The third-order valence-corrected chi connectivity index (χ3v) is 3.66. The molecule has 1 aromatic rings. The van der Waals surface area contributed by atoms with E-state index in [-0.39, 0.29) is 0 Å². The third kappa shape index (κ3) is 2.26. The van der Waals surface area contributed by atoms with Crippen LogP contribution < -0.4 is 0 Å². The van der Waals surface area contributed by atoms with Crippen LogP contribution in [0.1, 0.15) is 33.4 Å². The van der Waals surface area contributed by atoms with Crippen molar-refractivity contribution >= 4 is 11.6 Å². The van der Waals surface area contributed by atoms with E-state index in [4.69, 9.17) is 11.6 Å². The Balaban J connectivity index is 3.45. The van der Waals surface area contributed by atoms with Crippen molar-refractivity contribution in [3.05, 3.63) is 45.0 Å². The Bertz CT molecular complexity index is 385. The number of halogens is 1. The van der Waals surface area contributed by atoms with E-state index in [9.17, 15) is 0 Å². The van der Waals surface area contributed by atoms with Crippen LogP contribution in [-0.2, 0) is 6.42 Å². The molecule has 15 heavy (non-hydrogen) atoms. The van der Waals surface area contributed by atoms with Crippen molar-refractivity contribution in [2.45, 2.75) is 41.0 Å². The standard InChI is InChI=1S/C14H19Cl/c1-8(15)7-14-12(5)10(3)9(2)11(4)13(14)6/h1,7H2,2-6H3. The van der Waals surface area contributed by atoms with Crippen molar-refractivity contribution in [3.63, 3.8) is 0 Å². The maximum atomic E-state index is 5.91. The van der Waals surface area contributed by atoms with E-state index < -0.39 is 0 Å². The lowest BCUT2D eigenvalue weighted by Gasteiger charge is -2.18. The molecule has 0 heterocycles. The van der Waals surface area contributed by atoms with Crippen LogP contribution in [0.4, 0.5) is 0 Å². The summed E-state index contributed by atoms with van der Waals surface area (Å²) in [5.74, 6) is 0. The number of benzene rings is 1. The Morgan fingerprint density at radius 1 is 0.867 bits per heavy atom. The van der Waals surface area contributed by atoms with Crippen LogP contribution in [0.15, 0.2) is 11.6 Å². The lowest BCUT2D eigenvalue weighted by atomic mass is 9.88. The number of hydrogen-bond acceptors (Lipinski definition) is 0. The second-order valence-electron chi connectivity index (χ2n) is 4.30. The van der Waals surface area contributed by atoms with Gasteiger partial charge in [0.1, 0.15) is 0 Å². The fourth-order valence-corrected chi connectivity index (χ4v) is 2.17. The molecule has 0 bridgehead atoms. The molecule has 1 heteroatoms. The molecule has 0 spiro atoms. The zero-order chi connectivity index (χ0) is 11.7. The van der Waals surface area contributed by atoms with Gasteiger partial charge in [-0.25, -0.2) is 0 Å². The van der Waals surface area contributed by atoms with E-state index in [1.165, 1.54) is 33.4 Å². The highest BCUT2D eigenvalue weighted by Gasteiger charge is 2.12. The fourth-order valence-electron chi connectivity index (χ4n) is 2.03. The van der Waals surface area contributed by atoms with E-state index in [1.54, 1.807) is 0 Å². The minimum Gasteiger partial charge on any atom is -0.0894 e. The van der Waals surface area contributed by atoms with Gasteiger partial charge in [-0.05, 0) is 68.0 Å². The van der Waals surface area contributed by atoms with E-state index >= 15 is 0 Å². The molecule has 0 nitrogen and oxygen atoms in total. The van der Waals surface area contributed by atoms with Gasteiger partial charge in [0.2, 0.25) is 0 Å². The van der Waals surface area contributed by atoms with Crippen LogP contribution in [0.25, 0.3) is 0 Å². The topological polar surface area (TPSA) is 0 Å². The maximum absolute atomic E-state index is 5.91. The first-order valence-electron chi connectivity index (χ1n) is 5.25. The third-order valence-electron chi connectivity index (χ3n) is 3.52. The average Bonchev–Trinajstić information content (AvgIpc) is 2.18. The minimum atomic E-state index is 0.712. The molecule has 0 atom stereocenters. The van der Waals surface area contributed by atoms with Gasteiger partial charge in [0.15, 0.2) is 0 Å². The van der Waals surface area contributed by atoms with Gasteiger partial charge in [-0.1, -0.05) is 18.2 Å². The Morgan fingerprint density at radius 3 is 1.53 bits per heavy atom. The SMILES string of the molecule is C=C(Cl)Cc1c(C)c(C)c(C)c(C)c1C. The molecule has 0 amide bonds. The summed E-state index contributed by atoms with van der Waals surface area (Å²) in [6.45, 7) is 14.7. The van der Waals surface area contributed by atoms with E-state index in [0.717, 1.165) is 6.42 Å². The molecular weight excluding hydrogens is 204 g/mol. The first kappa shape index (κ1) is 12.3. The van der Waals surface area contributed by atoms with E-state index in [1.807, 2.05) is 0 Å². The molecule has 0 aliphatic rings. The van der Waals surface area contributed by atoms with Gasteiger partial charge in [-0.15, -0.1) is 0 Å². The Kier molecular flexibility index (Phi) is 3.62. The molecule has 0 aliphatic heterocycles. The van der Waals surface area contributed by atoms with E-state index in [0.29, 0.717) is 5.03 Å². The summed E-state index contributed by atoms with van der Waals surface area (Å²) >= 11 is 5.91. The van der Waals surface area contributed by atoms with Crippen molar-refractivity contribution in [1.82, 2.24) is 0 Å². The first-order valence-corrected chi connectivity index (χ1v) is 5.63. The van der Waals surface area contributed by atoms with Gasteiger partial charge in [0.05, 0.1) is 0 Å². The summed E-state index contributed by atoms with van der Waals surface area (Å²) in [5.41, 5.74) is 8.22. The second kappa shape index (κ2) is 4.40. The molecular formula is C14H19Cl. The zero-order valence-electron chi connectivity index (χ0n) is 10.3. The molecule has 0 fully saturated rings. The summed E-state index contributed by atoms with van der Waals surface area (Å²) in [6.07, 6.45) is 0.779. The van der Waals surface area contributed by atoms with Crippen molar-refractivity contribution in [2.24, 2.45) is 0 Å². The van der Waals surface area contributed by atoms with Crippen LogP contribution in [-0.4, -0.2) is 0 Å². The molecule has 0 unspecified atom stereocenters. The fraction of sp³-hybridized carbons (Fsp3) is 0.429. The van der Waals surface area contributed by atoms with Gasteiger partial charge >= 0.3 is 0 Å². The molecule has 0 radical (unpaired) electrons. The largest absolute Gasteiger partial charge is 0.0894 e. The zero-order valence-corrected chi connectivity index (χ0v) is 11.0. The number of allylic oxidation sites excluding steroid dienone is 1. The summed E-state index contributed by atoms with van der Waals surface area (Å²) in [4.78, 5) is 0. The second-order valence-corrected chi connectivity index (χ2v) is 4.83. The summed E-state index contributed by atoms with van der Waals surface area (Å²) in [6, 6.07) is 0. The lowest BCUT2D eigenvalue weighted by molar-refractivity contribution is 1.08. The van der Waals surface area contributed by atoms with Crippen molar-refractivity contribution in [2.75, 3.05) is 0 Å². The van der Waals surface area contributed by atoms with Crippen LogP contribution in [0.5, 0.6) is 0 Å². The van der Waals surface area contributed by atoms with E-state index in [2.05, 4.69) is 41.2 Å². The van der Waals surface area contributed by atoms with Gasteiger partial charge in [0.25, 0.3) is 0 Å². The average molecular weight is 223 g/mol.